The van der Waals surface area contributed by atoms with Gasteiger partial charge in [-0.1, -0.05) is 87.4 Å². The van der Waals surface area contributed by atoms with E-state index in [1.165, 1.54) is 0 Å². The second-order valence-corrected chi connectivity index (χ2v) is 12.9. The molecule has 202 valence electrons. The van der Waals surface area contributed by atoms with Crippen LogP contribution in [0.5, 0.6) is 11.5 Å². The van der Waals surface area contributed by atoms with Crippen molar-refractivity contribution in [1.29, 1.82) is 0 Å². The molecule has 0 aliphatic heterocycles. The Labute approximate surface area is 229 Å². The van der Waals surface area contributed by atoms with Crippen LogP contribution in [0.4, 0.5) is 11.4 Å². The summed E-state index contributed by atoms with van der Waals surface area (Å²) >= 11 is 0. The third-order valence-corrected chi connectivity index (χ3v) is 6.85. The summed E-state index contributed by atoms with van der Waals surface area (Å²) in [4.78, 5) is 9.34. The van der Waals surface area contributed by atoms with E-state index in [0.29, 0.717) is 11.1 Å². The van der Waals surface area contributed by atoms with Gasteiger partial charge >= 0.3 is 0 Å². The summed E-state index contributed by atoms with van der Waals surface area (Å²) in [5.41, 5.74) is 6.99. The molecular formula is C34H44N2O2. The van der Waals surface area contributed by atoms with Gasteiger partial charge in [0.2, 0.25) is 0 Å². The van der Waals surface area contributed by atoms with E-state index in [1.807, 2.05) is 36.4 Å². The minimum absolute atomic E-state index is 0.0418. The minimum atomic E-state index is -0.0418. The Bertz CT molecular complexity index is 1250. The normalized spacial score (nSPS) is 12.9. The van der Waals surface area contributed by atoms with E-state index in [9.17, 15) is 10.2 Å². The van der Waals surface area contributed by atoms with Gasteiger partial charge in [0.15, 0.2) is 0 Å². The Hall–Kier alpha value is -3.40. The van der Waals surface area contributed by atoms with Crippen LogP contribution in [0.15, 0.2) is 58.5 Å². The Balaban J connectivity index is 1.97. The maximum Gasteiger partial charge on any atom is 0.127 e. The van der Waals surface area contributed by atoms with Gasteiger partial charge in [0.05, 0.1) is 11.4 Å². The van der Waals surface area contributed by atoms with Crippen LogP contribution in [0.25, 0.3) is 0 Å². The third kappa shape index (κ3) is 6.92. The smallest absolute Gasteiger partial charge is 0.127 e. The van der Waals surface area contributed by atoms with Gasteiger partial charge in [0, 0.05) is 23.6 Å². The van der Waals surface area contributed by atoms with E-state index >= 15 is 0 Å². The molecule has 0 aliphatic rings. The van der Waals surface area contributed by atoms with Crippen LogP contribution in [0.3, 0.4) is 0 Å². The lowest BCUT2D eigenvalue weighted by molar-refractivity contribution is 0.461. The van der Waals surface area contributed by atoms with Crippen molar-refractivity contribution in [3.63, 3.8) is 0 Å². The standard InChI is InChI=1S/C34H44N2O2/c1-21(2)29-16-25(33(5,6)7)14-23(31(29)37)19-35-27-12-11-13-28(18-27)36-20-24-15-26(34(8,9)10)17-30(22(3)4)32(24)38/h11-22,37-38H,1-10H3. The quantitative estimate of drug-likeness (QED) is 0.323. The Morgan fingerprint density at radius 2 is 0.974 bits per heavy atom. The van der Waals surface area contributed by atoms with Crippen molar-refractivity contribution in [1.82, 2.24) is 0 Å². The summed E-state index contributed by atoms with van der Waals surface area (Å²) in [6.07, 6.45) is 3.46. The van der Waals surface area contributed by atoms with Crippen molar-refractivity contribution in [3.05, 3.63) is 81.9 Å². The fourth-order valence-electron chi connectivity index (χ4n) is 4.25. The van der Waals surface area contributed by atoms with Crippen molar-refractivity contribution in [2.75, 3.05) is 0 Å². The van der Waals surface area contributed by atoms with Crippen LogP contribution in [-0.2, 0) is 10.8 Å². The number of phenolic OH excluding ortho intramolecular Hbond substituents is 2. The van der Waals surface area contributed by atoms with Crippen LogP contribution in [-0.4, -0.2) is 22.6 Å². The highest BCUT2D eigenvalue weighted by atomic mass is 16.3. The van der Waals surface area contributed by atoms with Gasteiger partial charge in [-0.2, -0.15) is 0 Å². The molecule has 4 heteroatoms. The predicted octanol–water partition coefficient (Wildman–Crippen LogP) is 9.44. The lowest BCUT2D eigenvalue weighted by Crippen LogP contribution is -2.12. The Morgan fingerprint density at radius 1 is 0.605 bits per heavy atom. The van der Waals surface area contributed by atoms with Crippen LogP contribution >= 0.6 is 0 Å². The second-order valence-electron chi connectivity index (χ2n) is 12.9. The van der Waals surface area contributed by atoms with Gasteiger partial charge < -0.3 is 10.2 Å². The summed E-state index contributed by atoms with van der Waals surface area (Å²) in [5, 5.41) is 21.8. The van der Waals surface area contributed by atoms with Crippen LogP contribution in [0.2, 0.25) is 0 Å². The average molecular weight is 513 g/mol. The highest BCUT2D eigenvalue weighted by Gasteiger charge is 2.20. The largest absolute Gasteiger partial charge is 0.507 e. The molecule has 4 nitrogen and oxygen atoms in total. The maximum absolute atomic E-state index is 10.9. The second kappa shape index (κ2) is 11.1. The first-order chi connectivity index (χ1) is 17.6. The van der Waals surface area contributed by atoms with Crippen LogP contribution < -0.4 is 0 Å². The van der Waals surface area contributed by atoms with Crippen molar-refractivity contribution in [2.24, 2.45) is 9.98 Å². The van der Waals surface area contributed by atoms with Crippen molar-refractivity contribution in [3.8, 4) is 11.5 Å². The molecule has 3 aromatic carbocycles. The summed E-state index contributed by atoms with van der Waals surface area (Å²) in [6.45, 7) is 21.4. The fourth-order valence-corrected chi connectivity index (χ4v) is 4.25. The lowest BCUT2D eigenvalue weighted by atomic mass is 9.83. The van der Waals surface area contributed by atoms with E-state index in [1.54, 1.807) is 12.4 Å². The molecule has 0 saturated heterocycles. The molecule has 0 fully saturated rings. The molecule has 38 heavy (non-hydrogen) atoms. The molecule has 0 atom stereocenters. The highest BCUT2D eigenvalue weighted by molar-refractivity contribution is 5.88. The fraction of sp³-hybridized carbons (Fsp3) is 0.412. The molecule has 3 rings (SSSR count). The molecule has 0 bridgehead atoms. The van der Waals surface area contributed by atoms with E-state index < -0.39 is 0 Å². The molecule has 0 aliphatic carbocycles. The number of hydrogen-bond acceptors (Lipinski definition) is 4. The first kappa shape index (κ1) is 29.2. The van der Waals surface area contributed by atoms with Gasteiger partial charge in [-0.15, -0.1) is 0 Å². The molecular weight excluding hydrogens is 468 g/mol. The molecule has 0 aromatic heterocycles. The monoisotopic (exact) mass is 512 g/mol. The van der Waals surface area contributed by atoms with Gasteiger partial charge in [0.1, 0.15) is 11.5 Å². The number of hydrogen-bond donors (Lipinski definition) is 2. The zero-order valence-electron chi connectivity index (χ0n) is 24.7. The average Bonchev–Trinajstić information content (AvgIpc) is 2.81. The maximum atomic E-state index is 10.9. The SMILES string of the molecule is CC(C)c1cc(C(C)(C)C)cc(C=Nc2cccc(N=Cc3cc(C(C)(C)C)cc(C(C)C)c3O)c2)c1O. The number of aliphatic imine (C=N–C) groups is 2. The Kier molecular flexibility index (Phi) is 8.55. The Morgan fingerprint density at radius 3 is 1.29 bits per heavy atom. The molecule has 0 heterocycles. The summed E-state index contributed by atoms with van der Waals surface area (Å²) < 4.78 is 0. The molecule has 0 unspecified atom stereocenters. The number of nitrogens with zero attached hydrogens (tertiary/aromatic N) is 2. The molecule has 0 spiro atoms. The first-order valence-electron chi connectivity index (χ1n) is 13.5. The summed E-state index contributed by atoms with van der Waals surface area (Å²) in [5.74, 6) is 0.959. The van der Waals surface area contributed by atoms with E-state index in [0.717, 1.165) is 33.6 Å². The summed E-state index contributed by atoms with van der Waals surface area (Å²) in [7, 11) is 0. The van der Waals surface area contributed by atoms with E-state index in [2.05, 4.69) is 91.4 Å². The molecule has 0 radical (unpaired) electrons. The van der Waals surface area contributed by atoms with Gasteiger partial charge in [-0.25, -0.2) is 0 Å². The summed E-state index contributed by atoms with van der Waals surface area (Å²) in [6, 6.07) is 15.9. The number of aromatic hydroxyl groups is 2. The van der Waals surface area contributed by atoms with E-state index in [4.69, 9.17) is 0 Å². The van der Waals surface area contributed by atoms with Gasteiger partial charge in [-0.05, 0) is 75.3 Å². The first-order valence-corrected chi connectivity index (χ1v) is 13.5. The lowest BCUT2D eigenvalue weighted by Gasteiger charge is -2.22. The van der Waals surface area contributed by atoms with Gasteiger partial charge in [-0.3, -0.25) is 9.98 Å². The van der Waals surface area contributed by atoms with Crippen molar-refractivity contribution in [2.45, 2.75) is 91.9 Å². The zero-order valence-corrected chi connectivity index (χ0v) is 24.7. The topological polar surface area (TPSA) is 65.2 Å². The van der Waals surface area contributed by atoms with Gasteiger partial charge in [0.25, 0.3) is 0 Å². The highest BCUT2D eigenvalue weighted by Crippen LogP contribution is 2.36. The minimum Gasteiger partial charge on any atom is -0.507 e. The third-order valence-electron chi connectivity index (χ3n) is 6.85. The predicted molar refractivity (Wildman–Crippen MR) is 163 cm³/mol. The number of rotatable bonds is 6. The van der Waals surface area contributed by atoms with E-state index in [-0.39, 0.29) is 34.2 Å². The van der Waals surface area contributed by atoms with Crippen LogP contribution in [0.1, 0.15) is 114 Å². The molecule has 0 saturated carbocycles. The molecule has 2 N–H and O–H groups in total. The number of benzene rings is 3. The molecule has 0 amide bonds. The zero-order chi connectivity index (χ0) is 28.4. The molecule has 3 aromatic rings. The van der Waals surface area contributed by atoms with Crippen molar-refractivity contribution >= 4 is 23.8 Å². The number of phenols is 2. The van der Waals surface area contributed by atoms with Crippen LogP contribution in [0, 0.1) is 0 Å². The van der Waals surface area contributed by atoms with Crippen molar-refractivity contribution < 1.29 is 10.2 Å².